The maximum atomic E-state index is 12.3. The van der Waals surface area contributed by atoms with Crippen molar-refractivity contribution in [1.82, 2.24) is 0 Å². The van der Waals surface area contributed by atoms with Gasteiger partial charge in [-0.3, -0.25) is 0 Å². The van der Waals surface area contributed by atoms with Gasteiger partial charge in [0.2, 0.25) is 12.5 Å². The minimum atomic E-state index is -0.508. The Kier molecular flexibility index (Phi) is 3.04. The summed E-state index contributed by atoms with van der Waals surface area (Å²) in [6.45, 7) is 0.108. The highest BCUT2D eigenvalue weighted by Crippen LogP contribution is 2.50. The third kappa shape index (κ3) is 1.98. The van der Waals surface area contributed by atoms with Crippen LogP contribution in [-0.2, 0) is 4.74 Å². The molecule has 1 unspecified atom stereocenters. The number of esters is 1. The lowest BCUT2D eigenvalue weighted by molar-refractivity contribution is 0.0453. The molecule has 0 aromatic heterocycles. The van der Waals surface area contributed by atoms with Gasteiger partial charge in [0.15, 0.2) is 17.6 Å². The molecule has 2 heterocycles. The van der Waals surface area contributed by atoms with E-state index < -0.39 is 12.1 Å². The lowest BCUT2D eigenvalue weighted by atomic mass is 9.97. The summed E-state index contributed by atoms with van der Waals surface area (Å²) in [5.74, 6) is 1.66. The van der Waals surface area contributed by atoms with E-state index in [2.05, 4.69) is 0 Å². The Bertz CT molecular complexity index is 781. The Morgan fingerprint density at radius 2 is 1.87 bits per heavy atom. The number of hydrogen-bond donors (Lipinski definition) is 0. The van der Waals surface area contributed by atoms with Crippen LogP contribution in [0.4, 0.5) is 0 Å². The number of rotatable bonds is 3. The van der Waals surface area contributed by atoms with Crippen LogP contribution >= 0.6 is 0 Å². The van der Waals surface area contributed by atoms with E-state index in [0.717, 1.165) is 11.3 Å². The molecule has 0 N–H and O–H groups in total. The van der Waals surface area contributed by atoms with E-state index in [1.807, 2.05) is 24.3 Å². The molecular weight excluding hydrogens is 300 g/mol. The average molecular weight is 314 g/mol. The topological polar surface area (TPSA) is 63.2 Å². The van der Waals surface area contributed by atoms with E-state index in [1.165, 1.54) is 7.11 Å². The number of fused-ring (bicyclic) bond motifs is 2. The molecule has 2 aromatic carbocycles. The molecule has 6 nitrogen and oxygen atoms in total. The van der Waals surface area contributed by atoms with Crippen LogP contribution in [0.1, 0.15) is 27.6 Å². The van der Waals surface area contributed by atoms with Gasteiger partial charge in [-0.05, 0) is 23.8 Å². The number of carbonyl (C=O) groups excluding carboxylic acids is 1. The molecule has 118 valence electrons. The predicted octanol–water partition coefficient (Wildman–Crippen LogP) is 2.69. The quantitative estimate of drug-likeness (QED) is 0.812. The lowest BCUT2D eigenvalue weighted by Crippen LogP contribution is -2.01. The molecule has 4 rings (SSSR count). The molecule has 0 saturated carbocycles. The summed E-state index contributed by atoms with van der Waals surface area (Å²) < 4.78 is 26.9. The summed E-state index contributed by atoms with van der Waals surface area (Å²) >= 11 is 0. The van der Waals surface area contributed by atoms with Crippen LogP contribution in [0, 0.1) is 0 Å². The molecule has 0 bridgehead atoms. The molecule has 2 aliphatic rings. The van der Waals surface area contributed by atoms with E-state index in [1.54, 1.807) is 13.2 Å². The fourth-order valence-electron chi connectivity index (χ4n) is 2.90. The molecule has 0 spiro atoms. The normalized spacial score (nSPS) is 17.7. The fourth-order valence-corrected chi connectivity index (χ4v) is 2.90. The van der Waals surface area contributed by atoms with Crippen molar-refractivity contribution in [3.05, 3.63) is 47.0 Å². The Morgan fingerprint density at radius 3 is 2.57 bits per heavy atom. The molecule has 23 heavy (non-hydrogen) atoms. The second kappa shape index (κ2) is 5.08. The molecule has 6 heteroatoms. The summed E-state index contributed by atoms with van der Waals surface area (Å²) in [6.07, 6.45) is -0.508. The Morgan fingerprint density at radius 1 is 1.09 bits per heavy atom. The maximum Gasteiger partial charge on any atom is 0.343 e. The van der Waals surface area contributed by atoms with Crippen molar-refractivity contribution in [2.75, 3.05) is 21.0 Å². The van der Waals surface area contributed by atoms with Crippen molar-refractivity contribution in [3.8, 4) is 23.0 Å². The van der Waals surface area contributed by atoms with Crippen LogP contribution in [0.25, 0.3) is 0 Å². The Hall–Kier alpha value is -2.89. The minimum absolute atomic E-state index is 0.108. The fraction of sp³-hybridized carbons (Fsp3) is 0.235. The van der Waals surface area contributed by atoms with Crippen LogP contribution in [-0.4, -0.2) is 27.0 Å². The van der Waals surface area contributed by atoms with E-state index in [9.17, 15) is 4.79 Å². The van der Waals surface area contributed by atoms with Crippen LogP contribution < -0.4 is 18.9 Å². The SMILES string of the molecule is COc1ccc(C2OC(=O)c3c2cc2c(c3OC)OCO2)cc1. The van der Waals surface area contributed by atoms with E-state index in [0.29, 0.717) is 28.4 Å². The standard InChI is InChI=1S/C17H14O6/c1-19-10-5-3-9(4-6-10)14-11-7-12-15(22-8-21-12)16(20-2)13(11)17(18)23-14/h3-7,14H,8H2,1-2H3. The van der Waals surface area contributed by atoms with Crippen molar-refractivity contribution in [3.63, 3.8) is 0 Å². The maximum absolute atomic E-state index is 12.3. The number of benzene rings is 2. The highest BCUT2D eigenvalue weighted by molar-refractivity contribution is 5.99. The zero-order valence-corrected chi connectivity index (χ0v) is 12.6. The van der Waals surface area contributed by atoms with Crippen molar-refractivity contribution in [2.24, 2.45) is 0 Å². The monoisotopic (exact) mass is 314 g/mol. The molecule has 2 aliphatic heterocycles. The summed E-state index contributed by atoms with van der Waals surface area (Å²) in [6, 6.07) is 9.16. The molecule has 0 amide bonds. The second-order valence-corrected chi connectivity index (χ2v) is 5.17. The van der Waals surface area contributed by atoms with Crippen LogP contribution in [0.3, 0.4) is 0 Å². The van der Waals surface area contributed by atoms with Crippen LogP contribution in [0.2, 0.25) is 0 Å². The van der Waals surface area contributed by atoms with Crippen LogP contribution in [0.15, 0.2) is 30.3 Å². The molecule has 0 saturated heterocycles. The van der Waals surface area contributed by atoms with Gasteiger partial charge in [0.1, 0.15) is 11.3 Å². The molecule has 1 atom stereocenters. The zero-order valence-electron chi connectivity index (χ0n) is 12.6. The first-order valence-electron chi connectivity index (χ1n) is 7.08. The van der Waals surface area contributed by atoms with Crippen molar-refractivity contribution >= 4 is 5.97 Å². The van der Waals surface area contributed by atoms with Crippen molar-refractivity contribution in [2.45, 2.75) is 6.10 Å². The minimum Gasteiger partial charge on any atom is -0.497 e. The number of ether oxygens (including phenoxy) is 5. The van der Waals surface area contributed by atoms with Crippen molar-refractivity contribution in [1.29, 1.82) is 0 Å². The number of carbonyl (C=O) groups is 1. The number of cyclic esters (lactones) is 1. The van der Waals surface area contributed by atoms with E-state index >= 15 is 0 Å². The first-order chi connectivity index (χ1) is 11.2. The van der Waals surface area contributed by atoms with Gasteiger partial charge in [0, 0.05) is 5.56 Å². The first-order valence-corrected chi connectivity index (χ1v) is 7.08. The third-order valence-electron chi connectivity index (χ3n) is 3.98. The molecular formula is C17H14O6. The van der Waals surface area contributed by atoms with Gasteiger partial charge in [-0.25, -0.2) is 4.79 Å². The first kappa shape index (κ1) is 13.8. The summed E-state index contributed by atoms with van der Waals surface area (Å²) in [4.78, 5) is 12.3. The molecule has 0 radical (unpaired) electrons. The highest BCUT2D eigenvalue weighted by Gasteiger charge is 2.39. The van der Waals surface area contributed by atoms with E-state index in [4.69, 9.17) is 23.7 Å². The summed E-state index contributed by atoms with van der Waals surface area (Å²) in [5.41, 5.74) is 1.94. The van der Waals surface area contributed by atoms with Gasteiger partial charge in [0.25, 0.3) is 0 Å². The highest BCUT2D eigenvalue weighted by atomic mass is 16.7. The number of methoxy groups -OCH3 is 2. The van der Waals surface area contributed by atoms with Gasteiger partial charge in [-0.2, -0.15) is 0 Å². The molecule has 2 aromatic rings. The Balaban J connectivity index is 1.84. The van der Waals surface area contributed by atoms with Gasteiger partial charge in [-0.1, -0.05) is 12.1 Å². The lowest BCUT2D eigenvalue weighted by Gasteiger charge is -2.13. The number of hydrogen-bond acceptors (Lipinski definition) is 6. The smallest absolute Gasteiger partial charge is 0.343 e. The Labute approximate surface area is 132 Å². The van der Waals surface area contributed by atoms with Crippen molar-refractivity contribution < 1.29 is 28.5 Å². The predicted molar refractivity (Wildman–Crippen MR) is 79.4 cm³/mol. The molecule has 0 aliphatic carbocycles. The molecule has 0 fully saturated rings. The largest absolute Gasteiger partial charge is 0.497 e. The summed E-state index contributed by atoms with van der Waals surface area (Å²) in [7, 11) is 3.09. The van der Waals surface area contributed by atoms with E-state index in [-0.39, 0.29) is 6.79 Å². The second-order valence-electron chi connectivity index (χ2n) is 5.17. The van der Waals surface area contributed by atoms with Crippen LogP contribution in [0.5, 0.6) is 23.0 Å². The van der Waals surface area contributed by atoms with Gasteiger partial charge >= 0.3 is 5.97 Å². The zero-order chi connectivity index (χ0) is 16.0. The average Bonchev–Trinajstić information content (AvgIpc) is 3.18. The third-order valence-corrected chi connectivity index (χ3v) is 3.98. The van der Waals surface area contributed by atoms with Gasteiger partial charge in [0.05, 0.1) is 14.2 Å². The summed E-state index contributed by atoms with van der Waals surface area (Å²) in [5, 5.41) is 0. The van der Waals surface area contributed by atoms with Gasteiger partial charge in [-0.15, -0.1) is 0 Å². The van der Waals surface area contributed by atoms with Gasteiger partial charge < -0.3 is 23.7 Å².